The predicted molar refractivity (Wildman–Crippen MR) is 88.4 cm³/mol. The zero-order valence-electron chi connectivity index (χ0n) is 14.5. The van der Waals surface area contributed by atoms with Gasteiger partial charge in [0, 0.05) is 12.2 Å². The van der Waals surface area contributed by atoms with Gasteiger partial charge in [-0.2, -0.15) is 11.8 Å². The van der Waals surface area contributed by atoms with Gasteiger partial charge in [0.25, 0.3) is 0 Å². The quantitative estimate of drug-likeness (QED) is 0.387. The molecule has 0 saturated carbocycles. The van der Waals surface area contributed by atoms with Crippen molar-refractivity contribution in [3.63, 3.8) is 0 Å². The van der Waals surface area contributed by atoms with Crippen molar-refractivity contribution in [3.05, 3.63) is 0 Å². The molecule has 1 N–H and O–H groups in total. The molecule has 0 fully saturated rings. The molecule has 0 aliphatic heterocycles. The lowest BCUT2D eigenvalue weighted by molar-refractivity contribution is -0.145. The van der Waals surface area contributed by atoms with Crippen LogP contribution in [-0.2, 0) is 23.8 Å². The number of alkyl carbamates (subject to hydrolysis) is 1. The lowest BCUT2D eigenvalue weighted by Gasteiger charge is -2.22. The Bertz CT molecular complexity index is 394. The number of rotatable bonds is 9. The third-order valence-electron chi connectivity index (χ3n) is 2.44. The van der Waals surface area contributed by atoms with E-state index in [2.05, 4.69) is 10.1 Å². The minimum atomic E-state index is -0.784. The number of methoxy groups -OCH3 is 1. The second-order valence-corrected chi connectivity index (χ2v) is 6.86. The standard InChI is InChI=1S/C15H27NO6S/c1-6-21-13(18)11(16-14(19)22-15(2,3)4)10-23-9-7-8-12(17)20-5/h11H,6-10H2,1-5H3,(H,16,19)/t11-/m0/s1. The summed E-state index contributed by atoms with van der Waals surface area (Å²) in [6.07, 6.45) is 0.303. The first-order valence-electron chi connectivity index (χ1n) is 7.50. The molecule has 0 radical (unpaired) electrons. The maximum absolute atomic E-state index is 11.9. The van der Waals surface area contributed by atoms with Gasteiger partial charge in [-0.15, -0.1) is 0 Å². The first kappa shape index (κ1) is 21.6. The first-order valence-corrected chi connectivity index (χ1v) is 8.65. The molecule has 0 spiro atoms. The van der Waals surface area contributed by atoms with Gasteiger partial charge in [-0.1, -0.05) is 0 Å². The zero-order valence-corrected chi connectivity index (χ0v) is 15.3. The first-order chi connectivity index (χ1) is 10.7. The number of ether oxygens (including phenoxy) is 3. The van der Waals surface area contributed by atoms with Gasteiger partial charge in [-0.3, -0.25) is 4.79 Å². The molecule has 0 aromatic rings. The summed E-state index contributed by atoms with van der Waals surface area (Å²) < 4.78 is 14.6. The van der Waals surface area contributed by atoms with Crippen molar-refractivity contribution < 1.29 is 28.6 Å². The van der Waals surface area contributed by atoms with Crippen LogP contribution in [0.5, 0.6) is 0 Å². The fourth-order valence-corrected chi connectivity index (χ4v) is 2.45. The summed E-state index contributed by atoms with van der Waals surface area (Å²) in [7, 11) is 1.34. The Kier molecular flexibility index (Phi) is 10.5. The van der Waals surface area contributed by atoms with E-state index in [9.17, 15) is 14.4 Å². The predicted octanol–water partition coefficient (Wildman–Crippen LogP) is 2.13. The van der Waals surface area contributed by atoms with Crippen LogP contribution >= 0.6 is 11.8 Å². The molecule has 0 saturated heterocycles. The monoisotopic (exact) mass is 349 g/mol. The van der Waals surface area contributed by atoms with E-state index in [0.717, 1.165) is 0 Å². The molecule has 23 heavy (non-hydrogen) atoms. The zero-order chi connectivity index (χ0) is 17.9. The largest absolute Gasteiger partial charge is 0.469 e. The molecule has 0 aromatic heterocycles. The molecule has 0 bridgehead atoms. The molecule has 7 nitrogen and oxygen atoms in total. The topological polar surface area (TPSA) is 90.9 Å². The maximum Gasteiger partial charge on any atom is 0.408 e. The Hall–Kier alpha value is -1.44. The van der Waals surface area contributed by atoms with Gasteiger partial charge >= 0.3 is 18.0 Å². The van der Waals surface area contributed by atoms with Gasteiger partial charge < -0.3 is 19.5 Å². The van der Waals surface area contributed by atoms with Gasteiger partial charge in [-0.25, -0.2) is 9.59 Å². The third-order valence-corrected chi connectivity index (χ3v) is 3.59. The summed E-state index contributed by atoms with van der Waals surface area (Å²) in [5.74, 6) is 0.249. The van der Waals surface area contributed by atoms with Crippen molar-refractivity contribution in [1.29, 1.82) is 0 Å². The second kappa shape index (κ2) is 11.2. The van der Waals surface area contributed by atoms with Crippen molar-refractivity contribution in [2.24, 2.45) is 0 Å². The molecule has 1 atom stereocenters. The SMILES string of the molecule is CCOC(=O)[C@H](CSCCCC(=O)OC)NC(=O)OC(C)(C)C. The summed E-state index contributed by atoms with van der Waals surface area (Å²) in [6.45, 7) is 7.17. The van der Waals surface area contributed by atoms with Crippen molar-refractivity contribution in [3.8, 4) is 0 Å². The summed E-state index contributed by atoms with van der Waals surface area (Å²) >= 11 is 1.45. The molecule has 0 aliphatic carbocycles. The van der Waals surface area contributed by atoms with Crippen LogP contribution in [0.15, 0.2) is 0 Å². The van der Waals surface area contributed by atoms with Crippen LogP contribution in [0.3, 0.4) is 0 Å². The molecule has 1 amide bonds. The summed E-state index contributed by atoms with van der Waals surface area (Å²) in [5.41, 5.74) is -0.642. The Morgan fingerprint density at radius 2 is 1.87 bits per heavy atom. The number of amides is 1. The third kappa shape index (κ3) is 11.7. The lowest BCUT2D eigenvalue weighted by Crippen LogP contribution is -2.45. The van der Waals surface area contributed by atoms with Crippen LogP contribution in [0, 0.1) is 0 Å². The summed E-state index contributed by atoms with van der Waals surface area (Å²) in [5, 5.41) is 2.52. The van der Waals surface area contributed by atoms with Crippen molar-refractivity contribution in [2.75, 3.05) is 25.2 Å². The highest BCUT2D eigenvalue weighted by Gasteiger charge is 2.25. The average Bonchev–Trinajstić information content (AvgIpc) is 2.43. The fourth-order valence-electron chi connectivity index (χ4n) is 1.48. The van der Waals surface area contributed by atoms with Gasteiger partial charge in [-0.05, 0) is 39.9 Å². The lowest BCUT2D eigenvalue weighted by atomic mass is 10.2. The van der Waals surface area contributed by atoms with Crippen LogP contribution in [0.1, 0.15) is 40.5 Å². The highest BCUT2D eigenvalue weighted by atomic mass is 32.2. The maximum atomic E-state index is 11.9. The van der Waals surface area contributed by atoms with Crippen LogP contribution < -0.4 is 5.32 Å². The van der Waals surface area contributed by atoms with E-state index in [0.29, 0.717) is 24.3 Å². The molecule has 0 aromatic carbocycles. The van der Waals surface area contributed by atoms with Crippen LogP contribution in [0.2, 0.25) is 0 Å². The van der Waals surface area contributed by atoms with Crippen LogP contribution in [0.4, 0.5) is 4.79 Å². The minimum Gasteiger partial charge on any atom is -0.469 e. The van der Waals surface area contributed by atoms with E-state index >= 15 is 0 Å². The minimum absolute atomic E-state index is 0.234. The van der Waals surface area contributed by atoms with E-state index in [1.807, 2.05) is 0 Å². The molecule has 0 heterocycles. The Morgan fingerprint density at radius 3 is 2.39 bits per heavy atom. The molecule has 0 rings (SSSR count). The van der Waals surface area contributed by atoms with Crippen LogP contribution in [-0.4, -0.2) is 54.9 Å². The molecule has 0 unspecified atom stereocenters. The van der Waals surface area contributed by atoms with Crippen molar-refractivity contribution >= 4 is 29.8 Å². The Labute approximate surface area is 141 Å². The number of nitrogens with one attached hydrogen (secondary N) is 1. The smallest absolute Gasteiger partial charge is 0.408 e. The fraction of sp³-hybridized carbons (Fsp3) is 0.800. The van der Waals surface area contributed by atoms with Gasteiger partial charge in [0.15, 0.2) is 0 Å². The van der Waals surface area contributed by atoms with Gasteiger partial charge in [0.2, 0.25) is 0 Å². The highest BCUT2D eigenvalue weighted by Crippen LogP contribution is 2.11. The molecule has 8 heteroatoms. The second-order valence-electron chi connectivity index (χ2n) is 5.71. The highest BCUT2D eigenvalue weighted by molar-refractivity contribution is 7.99. The number of hydrogen-bond acceptors (Lipinski definition) is 7. The number of esters is 2. The average molecular weight is 349 g/mol. The molecule has 134 valence electrons. The van der Waals surface area contributed by atoms with Crippen molar-refractivity contribution in [2.45, 2.75) is 52.2 Å². The molecule has 0 aliphatic rings. The summed E-state index contributed by atoms with van der Waals surface area (Å²) in [6, 6.07) is -0.784. The normalized spacial score (nSPS) is 12.2. The van der Waals surface area contributed by atoms with Gasteiger partial charge in [0.1, 0.15) is 11.6 Å². The molecular weight excluding hydrogens is 322 g/mol. The number of thioether (sulfide) groups is 1. The number of carbonyl (C=O) groups excluding carboxylic acids is 3. The van der Waals surface area contributed by atoms with E-state index in [1.54, 1.807) is 27.7 Å². The van der Waals surface area contributed by atoms with Gasteiger partial charge in [0.05, 0.1) is 13.7 Å². The van der Waals surface area contributed by atoms with Crippen molar-refractivity contribution in [1.82, 2.24) is 5.32 Å². The number of hydrogen-bond donors (Lipinski definition) is 1. The Morgan fingerprint density at radius 1 is 1.22 bits per heavy atom. The number of carbonyl (C=O) groups is 3. The molecular formula is C15H27NO6S. The van der Waals surface area contributed by atoms with Crippen LogP contribution in [0.25, 0.3) is 0 Å². The van der Waals surface area contributed by atoms with E-state index in [-0.39, 0.29) is 12.6 Å². The van der Waals surface area contributed by atoms with E-state index < -0.39 is 23.7 Å². The Balaban J connectivity index is 4.33. The summed E-state index contributed by atoms with van der Waals surface area (Å²) in [4.78, 5) is 34.7. The van der Waals surface area contributed by atoms with E-state index in [1.165, 1.54) is 18.9 Å². The van der Waals surface area contributed by atoms with E-state index in [4.69, 9.17) is 9.47 Å².